The zero-order chi connectivity index (χ0) is 12.8. The van der Waals surface area contributed by atoms with Gasteiger partial charge in [0.05, 0.1) is 0 Å². The van der Waals surface area contributed by atoms with Crippen LogP contribution in [-0.2, 0) is 0 Å². The lowest BCUT2D eigenvalue weighted by atomic mass is 9.82. The molecule has 2 atom stereocenters. The van der Waals surface area contributed by atoms with Crippen molar-refractivity contribution in [2.75, 3.05) is 31.1 Å². The summed E-state index contributed by atoms with van der Waals surface area (Å²) in [7, 11) is 0. The molecule has 1 heterocycles. The lowest BCUT2D eigenvalue weighted by molar-refractivity contribution is 0.110. The zero-order valence-corrected chi connectivity index (χ0v) is 13.0. The molecule has 1 aliphatic heterocycles. The molecule has 1 saturated heterocycles. The van der Waals surface area contributed by atoms with Crippen molar-refractivity contribution in [3.05, 3.63) is 0 Å². The van der Waals surface area contributed by atoms with E-state index in [-0.39, 0.29) is 0 Å². The Hall–Kier alpha value is 0.270. The Morgan fingerprint density at radius 1 is 1.22 bits per heavy atom. The van der Waals surface area contributed by atoms with Crippen molar-refractivity contribution >= 4 is 11.8 Å². The molecule has 2 fully saturated rings. The summed E-state index contributed by atoms with van der Waals surface area (Å²) in [6.07, 6.45) is 7.32. The van der Waals surface area contributed by atoms with E-state index in [9.17, 15) is 0 Å². The van der Waals surface area contributed by atoms with Crippen molar-refractivity contribution < 1.29 is 0 Å². The molecular weight excluding hydrogens is 240 g/mol. The lowest BCUT2D eigenvalue weighted by Gasteiger charge is -2.42. The summed E-state index contributed by atoms with van der Waals surface area (Å²) in [4.78, 5) is 2.72. The number of piperazine rings is 1. The molecule has 0 bridgehead atoms. The third-order valence-electron chi connectivity index (χ3n) is 4.68. The minimum absolute atomic E-state index is 0.724. The molecule has 106 valence electrons. The predicted octanol–water partition coefficient (Wildman–Crippen LogP) is 2.98. The summed E-state index contributed by atoms with van der Waals surface area (Å²) in [6, 6.07) is 1.50. The fourth-order valence-electron chi connectivity index (χ4n) is 3.44. The summed E-state index contributed by atoms with van der Waals surface area (Å²) >= 11 is 2.08. The van der Waals surface area contributed by atoms with E-state index in [4.69, 9.17) is 0 Å². The highest BCUT2D eigenvalue weighted by Crippen LogP contribution is 2.28. The highest BCUT2D eigenvalue weighted by Gasteiger charge is 2.30. The van der Waals surface area contributed by atoms with E-state index in [1.165, 1.54) is 63.2 Å². The molecule has 0 amide bonds. The van der Waals surface area contributed by atoms with Gasteiger partial charge in [0.15, 0.2) is 0 Å². The molecule has 0 aromatic carbocycles. The summed E-state index contributed by atoms with van der Waals surface area (Å²) in [6.45, 7) is 8.40. The quantitative estimate of drug-likeness (QED) is 0.773. The van der Waals surface area contributed by atoms with Gasteiger partial charge in [-0.2, -0.15) is 11.8 Å². The molecule has 0 radical (unpaired) electrons. The number of hydrogen-bond donors (Lipinski definition) is 1. The Kier molecular flexibility index (Phi) is 6.33. The first-order chi connectivity index (χ1) is 8.81. The van der Waals surface area contributed by atoms with Crippen LogP contribution in [0.3, 0.4) is 0 Å². The smallest absolute Gasteiger partial charge is 0.0224 e. The van der Waals surface area contributed by atoms with Gasteiger partial charge in [-0.1, -0.05) is 26.2 Å². The normalized spacial score (nSPS) is 31.7. The molecule has 0 spiro atoms. The Morgan fingerprint density at radius 2 is 2.00 bits per heavy atom. The monoisotopic (exact) mass is 270 g/mol. The Bertz CT molecular complexity index is 229. The molecule has 2 aliphatic rings. The fraction of sp³-hybridized carbons (Fsp3) is 1.00. The summed E-state index contributed by atoms with van der Waals surface area (Å²) in [5.74, 6) is 3.51. The molecule has 0 aromatic rings. The molecule has 1 saturated carbocycles. The van der Waals surface area contributed by atoms with Crippen molar-refractivity contribution in [2.24, 2.45) is 5.92 Å². The summed E-state index contributed by atoms with van der Waals surface area (Å²) in [5, 5.41) is 3.81. The van der Waals surface area contributed by atoms with Crippen molar-refractivity contribution in [1.29, 1.82) is 0 Å². The third-order valence-corrected chi connectivity index (χ3v) is 5.56. The van der Waals surface area contributed by atoms with E-state index in [1.807, 2.05) is 0 Å². The molecular formula is C15H30N2S. The standard InChI is InChI=1S/C15H30N2S/c1-3-18-10-9-17-12-15(16-11-13(17)2)14-7-5-4-6-8-14/h13-16H,3-12H2,1-2H3. The van der Waals surface area contributed by atoms with Crippen LogP contribution >= 0.6 is 11.8 Å². The van der Waals surface area contributed by atoms with Crippen molar-refractivity contribution in [3.8, 4) is 0 Å². The van der Waals surface area contributed by atoms with Crippen LogP contribution in [0.25, 0.3) is 0 Å². The Labute approximate surface area is 117 Å². The first kappa shape index (κ1) is 14.7. The van der Waals surface area contributed by atoms with Gasteiger partial charge in [-0.25, -0.2) is 0 Å². The minimum Gasteiger partial charge on any atom is -0.311 e. The number of nitrogens with zero attached hydrogens (tertiary/aromatic N) is 1. The molecule has 2 nitrogen and oxygen atoms in total. The van der Waals surface area contributed by atoms with Crippen LogP contribution in [0.5, 0.6) is 0 Å². The van der Waals surface area contributed by atoms with Crippen LogP contribution in [0.4, 0.5) is 0 Å². The number of nitrogens with one attached hydrogen (secondary N) is 1. The van der Waals surface area contributed by atoms with Crippen molar-refractivity contribution in [3.63, 3.8) is 0 Å². The number of hydrogen-bond acceptors (Lipinski definition) is 3. The zero-order valence-electron chi connectivity index (χ0n) is 12.2. The van der Waals surface area contributed by atoms with E-state index in [0.29, 0.717) is 0 Å². The van der Waals surface area contributed by atoms with Crippen LogP contribution in [0.15, 0.2) is 0 Å². The summed E-state index contributed by atoms with van der Waals surface area (Å²) in [5.41, 5.74) is 0. The first-order valence-corrected chi connectivity index (χ1v) is 9.02. The van der Waals surface area contributed by atoms with Gasteiger partial charge in [0, 0.05) is 37.5 Å². The van der Waals surface area contributed by atoms with Gasteiger partial charge >= 0.3 is 0 Å². The van der Waals surface area contributed by atoms with Gasteiger partial charge in [-0.3, -0.25) is 4.90 Å². The molecule has 2 unspecified atom stereocenters. The molecule has 1 N–H and O–H groups in total. The van der Waals surface area contributed by atoms with Gasteiger partial charge < -0.3 is 5.32 Å². The molecule has 0 aromatic heterocycles. The van der Waals surface area contributed by atoms with Crippen LogP contribution in [-0.4, -0.2) is 48.1 Å². The maximum atomic E-state index is 3.81. The molecule has 1 aliphatic carbocycles. The highest BCUT2D eigenvalue weighted by molar-refractivity contribution is 7.99. The largest absolute Gasteiger partial charge is 0.311 e. The third kappa shape index (κ3) is 4.14. The fourth-order valence-corrected chi connectivity index (χ4v) is 4.09. The first-order valence-electron chi connectivity index (χ1n) is 7.86. The molecule has 2 rings (SSSR count). The molecule has 18 heavy (non-hydrogen) atoms. The van der Waals surface area contributed by atoms with E-state index in [2.05, 4.69) is 35.8 Å². The van der Waals surface area contributed by atoms with Crippen molar-refractivity contribution in [1.82, 2.24) is 10.2 Å². The topological polar surface area (TPSA) is 15.3 Å². The van der Waals surface area contributed by atoms with E-state index < -0.39 is 0 Å². The van der Waals surface area contributed by atoms with Gasteiger partial charge in [-0.05, 0) is 31.4 Å². The van der Waals surface area contributed by atoms with E-state index in [0.717, 1.165) is 18.0 Å². The second kappa shape index (κ2) is 7.76. The number of rotatable bonds is 5. The SMILES string of the molecule is CCSCCN1CC(C2CCCCC2)NCC1C. The second-order valence-electron chi connectivity index (χ2n) is 5.95. The average Bonchev–Trinajstić information content (AvgIpc) is 2.42. The Balaban J connectivity index is 1.79. The Morgan fingerprint density at radius 3 is 2.72 bits per heavy atom. The average molecular weight is 270 g/mol. The lowest BCUT2D eigenvalue weighted by Crippen LogP contribution is -2.58. The summed E-state index contributed by atoms with van der Waals surface area (Å²) < 4.78 is 0. The van der Waals surface area contributed by atoms with E-state index >= 15 is 0 Å². The van der Waals surface area contributed by atoms with Gasteiger partial charge in [0.25, 0.3) is 0 Å². The van der Waals surface area contributed by atoms with Gasteiger partial charge in [0.2, 0.25) is 0 Å². The predicted molar refractivity (Wildman–Crippen MR) is 82.4 cm³/mol. The molecule has 3 heteroatoms. The van der Waals surface area contributed by atoms with E-state index in [1.54, 1.807) is 0 Å². The van der Waals surface area contributed by atoms with Crippen LogP contribution < -0.4 is 5.32 Å². The van der Waals surface area contributed by atoms with Crippen LogP contribution in [0, 0.1) is 5.92 Å². The van der Waals surface area contributed by atoms with Crippen molar-refractivity contribution in [2.45, 2.75) is 58.0 Å². The number of thioether (sulfide) groups is 1. The maximum absolute atomic E-state index is 3.81. The van der Waals surface area contributed by atoms with Crippen LogP contribution in [0.2, 0.25) is 0 Å². The second-order valence-corrected chi connectivity index (χ2v) is 7.35. The van der Waals surface area contributed by atoms with Gasteiger partial charge in [-0.15, -0.1) is 0 Å². The minimum atomic E-state index is 0.724. The highest BCUT2D eigenvalue weighted by atomic mass is 32.2. The van der Waals surface area contributed by atoms with Crippen LogP contribution in [0.1, 0.15) is 46.0 Å². The maximum Gasteiger partial charge on any atom is 0.0224 e. The van der Waals surface area contributed by atoms with Gasteiger partial charge in [0.1, 0.15) is 0 Å².